The van der Waals surface area contributed by atoms with Gasteiger partial charge >= 0.3 is 0 Å². The summed E-state index contributed by atoms with van der Waals surface area (Å²) in [7, 11) is 1.85. The van der Waals surface area contributed by atoms with E-state index in [9.17, 15) is 0 Å². The zero-order chi connectivity index (χ0) is 12.3. The highest BCUT2D eigenvalue weighted by atomic mass is 32.1. The first-order valence-electron chi connectivity index (χ1n) is 6.25. The van der Waals surface area contributed by atoms with Crippen molar-refractivity contribution in [1.82, 2.24) is 9.97 Å². The molecule has 0 amide bonds. The van der Waals surface area contributed by atoms with Crippen LogP contribution in [0.3, 0.4) is 0 Å². The van der Waals surface area contributed by atoms with Crippen LogP contribution in [0.5, 0.6) is 0 Å². The van der Waals surface area contributed by atoms with Gasteiger partial charge in [0, 0.05) is 23.5 Å². The lowest BCUT2D eigenvalue weighted by Crippen LogP contribution is -1.95. The van der Waals surface area contributed by atoms with E-state index in [1.807, 2.05) is 24.6 Å². The Morgan fingerprint density at radius 3 is 2.82 bits per heavy atom. The molecule has 17 heavy (non-hydrogen) atoms. The van der Waals surface area contributed by atoms with E-state index in [0.717, 1.165) is 17.7 Å². The highest BCUT2D eigenvalue weighted by Crippen LogP contribution is 2.31. The Kier molecular flexibility index (Phi) is 3.94. The Labute approximate surface area is 106 Å². The number of hydrogen-bond donors (Lipinski definition) is 1. The molecule has 0 spiro atoms. The van der Waals surface area contributed by atoms with Crippen molar-refractivity contribution in [3.8, 4) is 0 Å². The topological polar surface area (TPSA) is 37.8 Å². The van der Waals surface area contributed by atoms with Gasteiger partial charge in [-0.15, -0.1) is 11.3 Å². The van der Waals surface area contributed by atoms with Gasteiger partial charge in [0.15, 0.2) is 0 Å². The smallest absolute Gasteiger partial charge is 0.223 e. The molecule has 2 heterocycles. The van der Waals surface area contributed by atoms with Crippen LogP contribution in [0.25, 0.3) is 10.2 Å². The van der Waals surface area contributed by atoms with Crippen molar-refractivity contribution < 1.29 is 0 Å². The van der Waals surface area contributed by atoms with Crippen LogP contribution in [0, 0.1) is 0 Å². The minimum Gasteiger partial charge on any atom is -0.357 e. The van der Waals surface area contributed by atoms with E-state index in [1.54, 1.807) is 0 Å². The predicted molar refractivity (Wildman–Crippen MR) is 75.0 cm³/mol. The van der Waals surface area contributed by atoms with Gasteiger partial charge in [-0.25, -0.2) is 9.97 Å². The summed E-state index contributed by atoms with van der Waals surface area (Å²) in [4.78, 5) is 11.4. The van der Waals surface area contributed by atoms with E-state index in [4.69, 9.17) is 0 Å². The Balaban J connectivity index is 2.47. The van der Waals surface area contributed by atoms with Crippen LogP contribution < -0.4 is 5.32 Å². The number of hydrogen-bond acceptors (Lipinski definition) is 4. The van der Waals surface area contributed by atoms with Crippen LogP contribution in [0.2, 0.25) is 0 Å². The zero-order valence-corrected chi connectivity index (χ0v) is 11.5. The van der Waals surface area contributed by atoms with Crippen molar-refractivity contribution in [2.45, 2.75) is 39.5 Å². The van der Waals surface area contributed by atoms with E-state index in [-0.39, 0.29) is 0 Å². The van der Waals surface area contributed by atoms with Crippen LogP contribution in [-0.2, 0) is 12.8 Å². The number of unbranched alkanes of at least 4 members (excludes halogenated alkanes) is 1. The monoisotopic (exact) mass is 249 g/mol. The number of rotatable bonds is 5. The van der Waals surface area contributed by atoms with Gasteiger partial charge in [-0.05, 0) is 24.8 Å². The van der Waals surface area contributed by atoms with Gasteiger partial charge in [0.1, 0.15) is 4.83 Å². The molecule has 0 bridgehead atoms. The molecule has 0 aromatic carbocycles. The molecule has 0 aliphatic heterocycles. The number of aromatic nitrogens is 2. The number of anilines is 1. The van der Waals surface area contributed by atoms with Gasteiger partial charge in [0.2, 0.25) is 5.95 Å². The van der Waals surface area contributed by atoms with E-state index in [1.165, 1.54) is 28.7 Å². The van der Waals surface area contributed by atoms with E-state index in [2.05, 4.69) is 29.1 Å². The first-order chi connectivity index (χ1) is 8.30. The number of aryl methyl sites for hydroxylation is 2. The quantitative estimate of drug-likeness (QED) is 0.879. The van der Waals surface area contributed by atoms with Crippen molar-refractivity contribution in [2.75, 3.05) is 12.4 Å². The minimum absolute atomic E-state index is 0.712. The highest BCUT2D eigenvalue weighted by Gasteiger charge is 2.12. The molecule has 0 radical (unpaired) electrons. The fraction of sp³-hybridized carbons (Fsp3) is 0.538. The molecule has 0 saturated heterocycles. The van der Waals surface area contributed by atoms with Crippen LogP contribution in [0.4, 0.5) is 5.95 Å². The lowest BCUT2D eigenvalue weighted by Gasteiger charge is -2.01. The maximum atomic E-state index is 4.53. The van der Waals surface area contributed by atoms with E-state index >= 15 is 0 Å². The molecule has 0 atom stereocenters. The first-order valence-corrected chi connectivity index (χ1v) is 7.06. The molecule has 4 heteroatoms. The summed E-state index contributed by atoms with van der Waals surface area (Å²) in [6.07, 6.45) is 6.69. The minimum atomic E-state index is 0.712. The molecule has 92 valence electrons. The molecule has 2 aromatic rings. The van der Waals surface area contributed by atoms with Crippen LogP contribution in [-0.4, -0.2) is 17.0 Å². The molecule has 0 saturated carbocycles. The summed E-state index contributed by atoms with van der Waals surface area (Å²) < 4.78 is 0. The van der Waals surface area contributed by atoms with Crippen LogP contribution in [0.15, 0.2) is 6.20 Å². The Morgan fingerprint density at radius 1 is 1.35 bits per heavy atom. The molecule has 3 nitrogen and oxygen atoms in total. The summed E-state index contributed by atoms with van der Waals surface area (Å²) in [5.74, 6) is 0.712. The van der Waals surface area contributed by atoms with Gasteiger partial charge in [-0.1, -0.05) is 20.3 Å². The molecule has 0 unspecified atom stereocenters. The molecule has 0 aliphatic rings. The predicted octanol–water partition coefficient (Wildman–Crippen LogP) is 3.64. The average molecular weight is 249 g/mol. The van der Waals surface area contributed by atoms with Crippen molar-refractivity contribution in [3.05, 3.63) is 16.6 Å². The van der Waals surface area contributed by atoms with Crippen LogP contribution in [0.1, 0.15) is 37.1 Å². The van der Waals surface area contributed by atoms with E-state index in [0.29, 0.717) is 5.95 Å². The molecule has 0 aliphatic carbocycles. The van der Waals surface area contributed by atoms with Crippen molar-refractivity contribution >= 4 is 27.5 Å². The summed E-state index contributed by atoms with van der Waals surface area (Å²) in [6.45, 7) is 4.45. The second-order valence-electron chi connectivity index (χ2n) is 4.12. The van der Waals surface area contributed by atoms with Gasteiger partial charge in [0.25, 0.3) is 0 Å². The molecule has 0 fully saturated rings. The standard InChI is InChI=1S/C13H19N3S/c1-4-6-7-9-10-8-15-13(14-3)16-12(10)17-11(9)5-2/h8H,4-7H2,1-3H3,(H,14,15,16). The summed E-state index contributed by atoms with van der Waals surface area (Å²) in [5.41, 5.74) is 1.47. The number of nitrogens with one attached hydrogen (secondary N) is 1. The molecule has 1 N–H and O–H groups in total. The third kappa shape index (κ3) is 2.41. The number of thiophene rings is 1. The number of nitrogens with zero attached hydrogens (tertiary/aromatic N) is 2. The molecular formula is C13H19N3S. The lowest BCUT2D eigenvalue weighted by molar-refractivity contribution is 0.794. The van der Waals surface area contributed by atoms with Gasteiger partial charge in [-0.2, -0.15) is 0 Å². The Hall–Kier alpha value is -1.16. The van der Waals surface area contributed by atoms with Crippen molar-refractivity contribution in [3.63, 3.8) is 0 Å². The van der Waals surface area contributed by atoms with Gasteiger partial charge < -0.3 is 5.32 Å². The zero-order valence-electron chi connectivity index (χ0n) is 10.7. The maximum absolute atomic E-state index is 4.53. The summed E-state index contributed by atoms with van der Waals surface area (Å²) in [5, 5.41) is 4.24. The van der Waals surface area contributed by atoms with Crippen molar-refractivity contribution in [1.29, 1.82) is 0 Å². The third-order valence-corrected chi connectivity index (χ3v) is 4.25. The Bertz CT molecular complexity index is 505. The summed E-state index contributed by atoms with van der Waals surface area (Å²) in [6, 6.07) is 0. The second-order valence-corrected chi connectivity index (χ2v) is 5.21. The Morgan fingerprint density at radius 2 is 2.18 bits per heavy atom. The second kappa shape index (κ2) is 5.45. The first kappa shape index (κ1) is 12.3. The van der Waals surface area contributed by atoms with Crippen LogP contribution >= 0.6 is 11.3 Å². The maximum Gasteiger partial charge on any atom is 0.223 e. The molecule has 2 rings (SSSR count). The fourth-order valence-electron chi connectivity index (χ4n) is 2.01. The SMILES string of the molecule is CCCCc1c(CC)sc2nc(NC)ncc12. The van der Waals surface area contributed by atoms with Crippen molar-refractivity contribution in [2.24, 2.45) is 0 Å². The molecule has 2 aromatic heterocycles. The van der Waals surface area contributed by atoms with Gasteiger partial charge in [0.05, 0.1) is 0 Å². The summed E-state index contributed by atoms with van der Waals surface area (Å²) >= 11 is 1.81. The van der Waals surface area contributed by atoms with Gasteiger partial charge in [-0.3, -0.25) is 0 Å². The normalized spacial score (nSPS) is 11.0. The molecular weight excluding hydrogens is 230 g/mol. The largest absolute Gasteiger partial charge is 0.357 e. The lowest BCUT2D eigenvalue weighted by atomic mass is 10.1. The fourth-order valence-corrected chi connectivity index (χ4v) is 3.14. The number of fused-ring (bicyclic) bond motifs is 1. The average Bonchev–Trinajstić information content (AvgIpc) is 2.72. The third-order valence-electron chi connectivity index (χ3n) is 2.96. The van der Waals surface area contributed by atoms with E-state index < -0.39 is 0 Å². The highest BCUT2D eigenvalue weighted by molar-refractivity contribution is 7.18.